The quantitative estimate of drug-likeness (QED) is 0.684. The van der Waals surface area contributed by atoms with Gasteiger partial charge in [-0.25, -0.2) is 13.8 Å². The molecule has 1 amide bonds. The molecule has 0 saturated carbocycles. The number of hydrogen-bond donors (Lipinski definition) is 1. The van der Waals surface area contributed by atoms with Crippen LogP contribution in [-0.2, 0) is 0 Å². The Kier molecular flexibility index (Phi) is 5.45. The number of carbonyl (C=O) groups is 1. The first kappa shape index (κ1) is 18.5. The van der Waals surface area contributed by atoms with Gasteiger partial charge in [0.15, 0.2) is 0 Å². The first-order valence-electron chi connectivity index (χ1n) is 8.55. The van der Waals surface area contributed by atoms with E-state index >= 15 is 0 Å². The third-order valence-corrected chi connectivity index (χ3v) is 4.09. The maximum atomic E-state index is 13.7. The number of benzene rings is 2. The summed E-state index contributed by atoms with van der Waals surface area (Å²) in [4.78, 5) is 18.6. The van der Waals surface area contributed by atoms with Crippen LogP contribution in [0.25, 0.3) is 0 Å². The Labute approximate surface area is 156 Å². The van der Waals surface area contributed by atoms with Crippen LogP contribution < -0.4 is 10.2 Å². The summed E-state index contributed by atoms with van der Waals surface area (Å²) in [6.07, 6.45) is 1.38. The lowest BCUT2D eigenvalue weighted by molar-refractivity contribution is 0.0983. The van der Waals surface area contributed by atoms with Gasteiger partial charge in [0.25, 0.3) is 5.91 Å². The molecule has 2 aromatic carbocycles. The van der Waals surface area contributed by atoms with Crippen molar-refractivity contribution in [1.82, 2.24) is 4.98 Å². The number of aromatic nitrogens is 1. The number of para-hydroxylation sites is 1. The highest BCUT2D eigenvalue weighted by atomic mass is 19.1. The minimum atomic E-state index is -0.702. The van der Waals surface area contributed by atoms with Crippen LogP contribution in [0, 0.1) is 18.6 Å². The molecule has 0 aliphatic rings. The van der Waals surface area contributed by atoms with E-state index in [1.54, 1.807) is 11.0 Å². The third-order valence-electron chi connectivity index (χ3n) is 4.09. The van der Waals surface area contributed by atoms with Gasteiger partial charge in [-0.2, -0.15) is 0 Å². The lowest BCUT2D eigenvalue weighted by atomic mass is 10.2. The van der Waals surface area contributed by atoms with Gasteiger partial charge >= 0.3 is 0 Å². The molecule has 0 atom stereocenters. The van der Waals surface area contributed by atoms with Gasteiger partial charge in [-0.1, -0.05) is 18.2 Å². The van der Waals surface area contributed by atoms with Crippen molar-refractivity contribution < 1.29 is 13.6 Å². The molecule has 4 nitrogen and oxygen atoms in total. The Morgan fingerprint density at radius 1 is 1.07 bits per heavy atom. The Morgan fingerprint density at radius 3 is 2.37 bits per heavy atom. The number of pyridine rings is 1. The lowest BCUT2D eigenvalue weighted by Gasteiger charge is -2.21. The second kappa shape index (κ2) is 7.95. The highest BCUT2D eigenvalue weighted by Gasteiger charge is 2.17. The van der Waals surface area contributed by atoms with Crippen LogP contribution in [0.3, 0.4) is 0 Å². The van der Waals surface area contributed by atoms with Crippen molar-refractivity contribution in [1.29, 1.82) is 0 Å². The monoisotopic (exact) mass is 367 g/mol. The van der Waals surface area contributed by atoms with Crippen LogP contribution in [0.15, 0.2) is 60.8 Å². The van der Waals surface area contributed by atoms with Gasteiger partial charge in [0, 0.05) is 12.2 Å². The van der Waals surface area contributed by atoms with Crippen LogP contribution in [0.5, 0.6) is 0 Å². The fourth-order valence-corrected chi connectivity index (χ4v) is 2.73. The van der Waals surface area contributed by atoms with E-state index in [1.165, 1.54) is 18.3 Å². The molecule has 0 radical (unpaired) electrons. The van der Waals surface area contributed by atoms with Gasteiger partial charge < -0.3 is 10.2 Å². The molecule has 1 aromatic heterocycles. The number of aryl methyl sites for hydroxylation is 1. The normalized spacial score (nSPS) is 10.5. The van der Waals surface area contributed by atoms with Crippen molar-refractivity contribution in [3.8, 4) is 0 Å². The molecule has 0 bridgehead atoms. The van der Waals surface area contributed by atoms with Crippen LogP contribution in [0.4, 0.5) is 25.8 Å². The molecular weight excluding hydrogens is 348 g/mol. The van der Waals surface area contributed by atoms with Gasteiger partial charge in [0.2, 0.25) is 0 Å². The number of nitrogens with one attached hydrogen (secondary N) is 1. The first-order chi connectivity index (χ1) is 13.0. The third kappa shape index (κ3) is 4.11. The van der Waals surface area contributed by atoms with Crippen molar-refractivity contribution in [2.75, 3.05) is 16.8 Å². The molecule has 1 N–H and O–H groups in total. The zero-order chi connectivity index (χ0) is 19.4. The molecule has 0 aliphatic carbocycles. The van der Waals surface area contributed by atoms with Crippen LogP contribution in [0.1, 0.15) is 23.0 Å². The van der Waals surface area contributed by atoms with Gasteiger partial charge in [-0.05, 0) is 55.8 Å². The van der Waals surface area contributed by atoms with Gasteiger partial charge in [-0.3, -0.25) is 4.79 Å². The van der Waals surface area contributed by atoms with Crippen LogP contribution in [-0.4, -0.2) is 17.4 Å². The molecule has 3 aromatic rings. The molecule has 6 heteroatoms. The predicted octanol–water partition coefficient (Wildman–Crippen LogP) is 5.08. The summed E-state index contributed by atoms with van der Waals surface area (Å²) >= 11 is 0. The minimum absolute atomic E-state index is 0.244. The second-order valence-electron chi connectivity index (χ2n) is 6.04. The average Bonchev–Trinajstić information content (AvgIpc) is 2.66. The van der Waals surface area contributed by atoms with Crippen LogP contribution >= 0.6 is 0 Å². The smallest absolute Gasteiger partial charge is 0.276 e. The van der Waals surface area contributed by atoms with E-state index in [9.17, 15) is 13.6 Å². The summed E-state index contributed by atoms with van der Waals surface area (Å²) in [5, 5.41) is 2.65. The molecule has 138 valence electrons. The second-order valence-corrected chi connectivity index (χ2v) is 6.04. The SMILES string of the molecule is CCN(C(=O)c1ccc(Nc2c(F)cccc2F)cn1)c1cccc(C)c1. The van der Waals surface area contributed by atoms with E-state index in [0.29, 0.717) is 12.2 Å². The number of halogens is 2. The average molecular weight is 367 g/mol. The van der Waals surface area contributed by atoms with Crippen molar-refractivity contribution in [3.05, 3.63) is 83.7 Å². The molecule has 27 heavy (non-hydrogen) atoms. The summed E-state index contributed by atoms with van der Waals surface area (Å²) in [6.45, 7) is 4.34. The van der Waals surface area contributed by atoms with Gasteiger partial charge in [0.05, 0.1) is 11.9 Å². The predicted molar refractivity (Wildman–Crippen MR) is 102 cm³/mol. The standard InChI is InChI=1S/C21H19F2N3O/c1-3-26(16-7-4-6-14(2)12-16)21(27)19-11-10-15(13-24-19)25-20-17(22)8-5-9-18(20)23/h4-13,25H,3H2,1-2H3. The number of amides is 1. The Balaban J connectivity index is 1.81. The summed E-state index contributed by atoms with van der Waals surface area (Å²) < 4.78 is 27.5. The molecule has 0 aliphatic heterocycles. The van der Waals surface area contributed by atoms with Crippen molar-refractivity contribution >= 4 is 23.0 Å². The molecule has 0 saturated heterocycles. The van der Waals surface area contributed by atoms with Crippen LogP contribution in [0.2, 0.25) is 0 Å². The summed E-state index contributed by atoms with van der Waals surface area (Å²) in [5.74, 6) is -1.65. The number of nitrogens with zero attached hydrogens (tertiary/aromatic N) is 2. The van der Waals surface area contributed by atoms with Gasteiger partial charge in [0.1, 0.15) is 23.0 Å². The Bertz CT molecular complexity index is 938. The fraction of sp³-hybridized carbons (Fsp3) is 0.143. The maximum Gasteiger partial charge on any atom is 0.276 e. The largest absolute Gasteiger partial charge is 0.349 e. The number of rotatable bonds is 5. The van der Waals surface area contributed by atoms with Crippen molar-refractivity contribution in [2.45, 2.75) is 13.8 Å². The van der Waals surface area contributed by atoms with Crippen molar-refractivity contribution in [2.24, 2.45) is 0 Å². The van der Waals surface area contributed by atoms with E-state index in [0.717, 1.165) is 23.4 Å². The Morgan fingerprint density at radius 2 is 1.78 bits per heavy atom. The number of carbonyl (C=O) groups excluding carboxylic acids is 1. The molecule has 0 unspecified atom stereocenters. The number of anilines is 3. The minimum Gasteiger partial charge on any atom is -0.349 e. The summed E-state index contributed by atoms with van der Waals surface area (Å²) in [7, 11) is 0. The summed E-state index contributed by atoms with van der Waals surface area (Å²) in [5.41, 5.74) is 2.22. The van der Waals surface area contributed by atoms with Gasteiger partial charge in [-0.15, -0.1) is 0 Å². The topological polar surface area (TPSA) is 45.2 Å². The zero-order valence-corrected chi connectivity index (χ0v) is 15.0. The fourth-order valence-electron chi connectivity index (χ4n) is 2.73. The maximum absolute atomic E-state index is 13.7. The summed E-state index contributed by atoms with van der Waals surface area (Å²) in [6, 6.07) is 14.4. The molecule has 0 fully saturated rings. The lowest BCUT2D eigenvalue weighted by Crippen LogP contribution is -2.31. The number of hydrogen-bond acceptors (Lipinski definition) is 3. The van der Waals surface area contributed by atoms with E-state index < -0.39 is 11.6 Å². The molecular formula is C21H19F2N3O. The Hall–Kier alpha value is -3.28. The van der Waals surface area contributed by atoms with E-state index in [-0.39, 0.29) is 17.3 Å². The van der Waals surface area contributed by atoms with E-state index in [1.807, 2.05) is 38.1 Å². The van der Waals surface area contributed by atoms with Crippen molar-refractivity contribution in [3.63, 3.8) is 0 Å². The molecule has 1 heterocycles. The zero-order valence-electron chi connectivity index (χ0n) is 15.0. The van der Waals surface area contributed by atoms with E-state index in [4.69, 9.17) is 0 Å². The highest BCUT2D eigenvalue weighted by Crippen LogP contribution is 2.23. The van der Waals surface area contributed by atoms with E-state index in [2.05, 4.69) is 10.3 Å². The molecule has 0 spiro atoms. The first-order valence-corrected chi connectivity index (χ1v) is 8.55. The molecule has 3 rings (SSSR count). The highest BCUT2D eigenvalue weighted by molar-refractivity contribution is 6.04.